The first-order chi connectivity index (χ1) is 14.4. The van der Waals surface area contributed by atoms with Crippen molar-refractivity contribution in [3.63, 3.8) is 0 Å². The van der Waals surface area contributed by atoms with E-state index in [0.717, 1.165) is 12.1 Å². The molecule has 2 aromatic rings. The number of allylic oxidation sites excluding steroid dienone is 3. The number of carboxylic acid groups (broad SMARTS) is 1. The number of carboxylic acids is 1. The van der Waals surface area contributed by atoms with E-state index in [1.165, 1.54) is 13.1 Å². The molecule has 0 fully saturated rings. The summed E-state index contributed by atoms with van der Waals surface area (Å²) in [5, 5.41) is 20.3. The molecule has 0 saturated carbocycles. The number of carbonyl (C=O) groups is 2. The van der Waals surface area contributed by atoms with E-state index in [4.69, 9.17) is 5.02 Å². The second-order valence-electron chi connectivity index (χ2n) is 6.66. The molecular formula is C20H19BN4O5. The maximum atomic E-state index is 12.5. The van der Waals surface area contributed by atoms with Gasteiger partial charge in [-0.2, -0.15) is 0 Å². The monoisotopic (exact) mass is 406 g/mol. The molecule has 0 spiro atoms. The van der Waals surface area contributed by atoms with E-state index in [0.29, 0.717) is 28.4 Å². The van der Waals surface area contributed by atoms with Gasteiger partial charge >= 0.3 is 147 Å². The fourth-order valence-corrected chi connectivity index (χ4v) is 2.98. The summed E-state index contributed by atoms with van der Waals surface area (Å²) in [4.78, 5) is 44.6. The van der Waals surface area contributed by atoms with Gasteiger partial charge in [0.15, 0.2) is 0 Å². The summed E-state index contributed by atoms with van der Waals surface area (Å²) in [7, 11) is 0.982. The summed E-state index contributed by atoms with van der Waals surface area (Å²) < 4.78 is 0. The first kappa shape index (κ1) is 20.9. The van der Waals surface area contributed by atoms with Gasteiger partial charge in [-0.05, 0) is 6.07 Å². The predicted octanol–water partition coefficient (Wildman–Crippen LogP) is 0.679. The third-order valence-corrected chi connectivity index (χ3v) is 4.56. The van der Waals surface area contributed by atoms with Crippen LogP contribution in [0.15, 0.2) is 59.1 Å². The van der Waals surface area contributed by atoms with Gasteiger partial charge in [0.25, 0.3) is 0 Å². The molecule has 10 heteroatoms. The standard InChI is InChI=1S/C20H19BN4O5/c1-12(26)25(17(20(28)29)10-13-6-8-15(21-30)9-7-13)24-18-19(27)23-16-5-3-2-4-14(16)11-22-18/h2-8,11,17,30H,9-10H2,1H3,(H,28,29)(H,22,23,24,27)/t17-/m0/s1. The molecule has 0 radical (unpaired) electrons. The van der Waals surface area contributed by atoms with Crippen molar-refractivity contribution in [1.82, 2.24) is 15.0 Å². The average Bonchev–Trinajstić information content (AvgIpc) is 2.89. The van der Waals surface area contributed by atoms with Crippen LogP contribution in [0.25, 0.3) is 10.9 Å². The van der Waals surface area contributed by atoms with Gasteiger partial charge in [-0.1, -0.05) is 18.2 Å². The number of hydrazine groups is 1. The Labute approximate surface area is 172 Å². The second kappa shape index (κ2) is 9.12. The average molecular weight is 406 g/mol. The molecule has 3 N–H and O–H groups in total. The van der Waals surface area contributed by atoms with Crippen molar-refractivity contribution in [3.05, 3.63) is 64.6 Å². The molecule has 0 saturated heterocycles. The van der Waals surface area contributed by atoms with E-state index in [1.807, 2.05) is 0 Å². The van der Waals surface area contributed by atoms with Gasteiger partial charge in [0.05, 0.1) is 0 Å². The van der Waals surface area contributed by atoms with Crippen LogP contribution in [0, 0.1) is 0 Å². The molecule has 0 bridgehead atoms. The summed E-state index contributed by atoms with van der Waals surface area (Å²) in [5.74, 6) is -2.11. The summed E-state index contributed by atoms with van der Waals surface area (Å²) in [6, 6.07) is 5.60. The Hall–Kier alpha value is -3.82. The zero-order valence-electron chi connectivity index (χ0n) is 16.1. The number of para-hydroxylation sites is 1. The van der Waals surface area contributed by atoms with E-state index in [-0.39, 0.29) is 12.2 Å². The van der Waals surface area contributed by atoms with E-state index < -0.39 is 23.5 Å². The number of amides is 1. The molecule has 1 aliphatic rings. The molecule has 1 aromatic heterocycles. The number of hydrogen-bond donors (Lipinski definition) is 3. The maximum absolute atomic E-state index is 12.5. The molecule has 1 atom stereocenters. The quantitative estimate of drug-likeness (QED) is 0.471. The Morgan fingerprint density at radius 1 is 1.30 bits per heavy atom. The third-order valence-electron chi connectivity index (χ3n) is 4.56. The van der Waals surface area contributed by atoms with Gasteiger partial charge < -0.3 is 0 Å². The van der Waals surface area contributed by atoms with Gasteiger partial charge in [0, 0.05) is 0 Å². The minimum atomic E-state index is -1.29. The van der Waals surface area contributed by atoms with Gasteiger partial charge in [-0.3, -0.25) is 0 Å². The summed E-state index contributed by atoms with van der Waals surface area (Å²) in [6.07, 6.45) is 6.98. The van der Waals surface area contributed by atoms with E-state index >= 15 is 0 Å². The van der Waals surface area contributed by atoms with Gasteiger partial charge in [-0.15, -0.1) is 0 Å². The molecule has 30 heavy (non-hydrogen) atoms. The molecule has 152 valence electrons. The molecule has 1 aromatic carbocycles. The number of aliphatic carboxylic acids is 1. The van der Waals surface area contributed by atoms with Crippen molar-refractivity contribution in [2.45, 2.75) is 25.8 Å². The molecule has 1 aliphatic carbocycles. The Morgan fingerprint density at radius 3 is 2.70 bits per heavy atom. The zero-order valence-corrected chi connectivity index (χ0v) is 16.1. The molecule has 0 unspecified atom stereocenters. The molecule has 3 rings (SSSR count). The van der Waals surface area contributed by atoms with E-state index in [2.05, 4.69) is 15.4 Å². The molecule has 1 heterocycles. The topological polar surface area (TPSA) is 133 Å². The van der Waals surface area contributed by atoms with Crippen LogP contribution in [-0.2, 0) is 9.59 Å². The predicted molar refractivity (Wildman–Crippen MR) is 113 cm³/mol. The van der Waals surface area contributed by atoms with Gasteiger partial charge in [0.1, 0.15) is 0 Å². The van der Waals surface area contributed by atoms with Crippen molar-refractivity contribution in [3.8, 4) is 0 Å². The summed E-state index contributed by atoms with van der Waals surface area (Å²) in [6.45, 7) is 1.19. The number of fused-ring (bicyclic) bond motifs is 1. The van der Waals surface area contributed by atoms with Gasteiger partial charge in [0.2, 0.25) is 0 Å². The second-order valence-corrected chi connectivity index (χ2v) is 6.66. The number of nitrogens with zero attached hydrogens (tertiary/aromatic N) is 3. The number of anilines is 1. The van der Waals surface area contributed by atoms with Crippen LogP contribution in [0.4, 0.5) is 5.82 Å². The molecular weight excluding hydrogens is 387 g/mol. The summed E-state index contributed by atoms with van der Waals surface area (Å²) in [5.41, 5.74) is 3.62. The van der Waals surface area contributed by atoms with Crippen molar-refractivity contribution >= 4 is 41.2 Å². The number of rotatable bonds is 6. The Balaban J connectivity index is 1.91. The van der Waals surface area contributed by atoms with Crippen LogP contribution >= 0.6 is 0 Å². The number of hydrogen-bond acceptors (Lipinski definition) is 7. The SMILES string of the molecule is CC(=O)N(Nc1ncc2ccccc2nc1=O)[C@@H](CC1=CC/C(=B/O)C=C1)C(=O)O. The van der Waals surface area contributed by atoms with Crippen molar-refractivity contribution in [1.29, 1.82) is 0 Å². The first-order valence-corrected chi connectivity index (χ1v) is 9.14. The molecule has 0 aliphatic heterocycles. The molecule has 9 nitrogen and oxygen atoms in total. The van der Waals surface area contributed by atoms with E-state index in [1.54, 1.807) is 42.5 Å². The fraction of sp³-hybridized carbons (Fsp3) is 0.200. The van der Waals surface area contributed by atoms with Crippen LogP contribution in [0.2, 0.25) is 0 Å². The van der Waals surface area contributed by atoms with Crippen LogP contribution in [0.3, 0.4) is 0 Å². The molecule has 1 amide bonds. The number of aromatic nitrogens is 2. The Bertz CT molecular complexity index is 1150. The normalized spacial score (nSPS) is 15.2. The number of nitrogens with one attached hydrogen (secondary N) is 1. The van der Waals surface area contributed by atoms with Crippen LogP contribution in [-0.4, -0.2) is 55.6 Å². The number of carbonyl (C=O) groups excluding carboxylic acids is 1. The van der Waals surface area contributed by atoms with Crippen LogP contribution in [0.5, 0.6) is 0 Å². The van der Waals surface area contributed by atoms with Crippen molar-refractivity contribution < 1.29 is 19.7 Å². The third kappa shape index (κ3) is 4.77. The van der Waals surface area contributed by atoms with E-state index in [9.17, 15) is 19.5 Å². The van der Waals surface area contributed by atoms with Crippen LogP contribution < -0.4 is 11.0 Å². The van der Waals surface area contributed by atoms with Crippen molar-refractivity contribution in [2.24, 2.45) is 0 Å². The summed E-state index contributed by atoms with van der Waals surface area (Å²) >= 11 is 0. The van der Waals surface area contributed by atoms with Gasteiger partial charge in [-0.25, -0.2) is 0 Å². The fourth-order valence-electron chi connectivity index (χ4n) is 2.98. The first-order valence-electron chi connectivity index (χ1n) is 9.14. The van der Waals surface area contributed by atoms with Crippen molar-refractivity contribution in [2.75, 3.05) is 5.43 Å². The van der Waals surface area contributed by atoms with Crippen LogP contribution in [0.1, 0.15) is 19.8 Å². The Kier molecular flexibility index (Phi) is 6.36. The Morgan fingerprint density at radius 2 is 2.07 bits per heavy atom. The minimum absolute atomic E-state index is 0.000322. The number of benzene rings is 1. The zero-order chi connectivity index (χ0) is 21.7.